The van der Waals surface area contributed by atoms with Gasteiger partial charge in [-0.3, -0.25) is 4.40 Å². The Balaban J connectivity index is 1.74. The second-order valence-electron chi connectivity index (χ2n) is 5.78. The van der Waals surface area contributed by atoms with Gasteiger partial charge in [0.15, 0.2) is 10.8 Å². The Hall–Kier alpha value is -1.11. The predicted molar refractivity (Wildman–Crippen MR) is 87.3 cm³/mol. The molecule has 0 bridgehead atoms. The maximum Gasteiger partial charge on any atom is 0.195 e. The van der Waals surface area contributed by atoms with Crippen molar-refractivity contribution in [2.45, 2.75) is 25.8 Å². The van der Waals surface area contributed by atoms with Gasteiger partial charge in [-0.25, -0.2) is 4.98 Å². The van der Waals surface area contributed by atoms with Crippen molar-refractivity contribution in [3.63, 3.8) is 0 Å². The largest absolute Gasteiger partial charge is 0.383 e. The van der Waals surface area contributed by atoms with Crippen LogP contribution >= 0.6 is 11.3 Å². The molecule has 1 saturated carbocycles. The highest BCUT2D eigenvalue weighted by Gasteiger charge is 2.22. The number of imidazole rings is 1. The third kappa shape index (κ3) is 3.22. The van der Waals surface area contributed by atoms with Crippen LogP contribution in [0.1, 0.15) is 25.0 Å². The van der Waals surface area contributed by atoms with E-state index in [0.717, 1.165) is 42.9 Å². The summed E-state index contributed by atoms with van der Waals surface area (Å²) < 4.78 is 7.30. The minimum atomic E-state index is 0.735. The summed E-state index contributed by atoms with van der Waals surface area (Å²) in [5, 5.41) is 5.53. The summed E-state index contributed by atoms with van der Waals surface area (Å²) in [4.78, 5) is 8.23. The molecular weight excluding hydrogens is 284 g/mol. The molecule has 21 heavy (non-hydrogen) atoms. The Kier molecular flexibility index (Phi) is 4.77. The van der Waals surface area contributed by atoms with Crippen LogP contribution in [-0.2, 0) is 11.3 Å². The van der Waals surface area contributed by atoms with E-state index in [9.17, 15) is 0 Å². The molecule has 0 saturated heterocycles. The fraction of sp³-hybridized carbons (Fsp3) is 0.667. The van der Waals surface area contributed by atoms with Crippen molar-refractivity contribution in [3.8, 4) is 0 Å². The Bertz CT molecular complexity index is 575. The lowest BCUT2D eigenvalue weighted by atomic mass is 9.85. The minimum Gasteiger partial charge on any atom is -0.383 e. The number of hydrogen-bond acceptors (Lipinski definition) is 5. The van der Waals surface area contributed by atoms with Gasteiger partial charge in [-0.15, -0.1) is 11.3 Å². The Morgan fingerprint density at radius 1 is 1.52 bits per heavy atom. The summed E-state index contributed by atoms with van der Waals surface area (Å²) >= 11 is 1.69. The van der Waals surface area contributed by atoms with E-state index in [-0.39, 0.29) is 0 Å². The number of nitrogens with one attached hydrogen (secondary N) is 1. The number of aromatic nitrogens is 2. The van der Waals surface area contributed by atoms with Gasteiger partial charge in [-0.2, -0.15) is 0 Å². The molecule has 2 heterocycles. The Labute approximate surface area is 129 Å². The van der Waals surface area contributed by atoms with Gasteiger partial charge in [-0.05, 0) is 18.8 Å². The summed E-state index contributed by atoms with van der Waals surface area (Å²) in [6.07, 6.45) is 6.24. The Morgan fingerprint density at radius 2 is 2.38 bits per heavy atom. The number of thiazole rings is 1. The summed E-state index contributed by atoms with van der Waals surface area (Å²) in [7, 11) is 3.90. The molecule has 0 radical (unpaired) electrons. The van der Waals surface area contributed by atoms with Crippen molar-refractivity contribution >= 4 is 22.1 Å². The van der Waals surface area contributed by atoms with Crippen LogP contribution in [0.2, 0.25) is 0 Å². The van der Waals surface area contributed by atoms with E-state index < -0.39 is 0 Å². The Morgan fingerprint density at radius 3 is 3.10 bits per heavy atom. The SMILES string of the molecule is COCCNCc1c(N(C)CC2CCC2)nc2sccn12. The molecule has 2 aromatic rings. The molecule has 0 spiro atoms. The fourth-order valence-corrected chi connectivity index (χ4v) is 3.55. The van der Waals surface area contributed by atoms with Crippen molar-refractivity contribution in [1.82, 2.24) is 14.7 Å². The van der Waals surface area contributed by atoms with Crippen molar-refractivity contribution in [3.05, 3.63) is 17.3 Å². The average molecular weight is 308 g/mol. The predicted octanol–water partition coefficient (Wildman–Crippen LogP) is 2.37. The van der Waals surface area contributed by atoms with Crippen LogP contribution in [0.3, 0.4) is 0 Å². The van der Waals surface area contributed by atoms with E-state index in [2.05, 4.69) is 33.2 Å². The smallest absolute Gasteiger partial charge is 0.195 e. The van der Waals surface area contributed by atoms with Gasteiger partial charge in [-0.1, -0.05) is 6.42 Å². The molecule has 6 heteroatoms. The zero-order valence-corrected chi connectivity index (χ0v) is 13.7. The first kappa shape index (κ1) is 14.8. The number of hydrogen-bond donors (Lipinski definition) is 1. The summed E-state index contributed by atoms with van der Waals surface area (Å²) in [6, 6.07) is 0. The number of rotatable bonds is 8. The third-order valence-electron chi connectivity index (χ3n) is 4.23. The quantitative estimate of drug-likeness (QED) is 0.760. The van der Waals surface area contributed by atoms with Crippen molar-refractivity contribution in [1.29, 1.82) is 0 Å². The van der Waals surface area contributed by atoms with E-state index in [0.29, 0.717) is 0 Å². The number of nitrogens with zero attached hydrogens (tertiary/aromatic N) is 3. The van der Waals surface area contributed by atoms with E-state index >= 15 is 0 Å². The van der Waals surface area contributed by atoms with Crippen molar-refractivity contribution in [2.75, 3.05) is 38.8 Å². The monoisotopic (exact) mass is 308 g/mol. The molecule has 1 fully saturated rings. The minimum absolute atomic E-state index is 0.735. The van der Waals surface area contributed by atoms with Crippen LogP contribution in [0, 0.1) is 5.92 Å². The average Bonchev–Trinajstić information content (AvgIpc) is 3.00. The summed E-state index contributed by atoms with van der Waals surface area (Å²) in [6.45, 7) is 3.54. The van der Waals surface area contributed by atoms with Crippen LogP contribution in [0.5, 0.6) is 0 Å². The van der Waals surface area contributed by atoms with Crippen LogP contribution < -0.4 is 10.2 Å². The second kappa shape index (κ2) is 6.77. The van der Waals surface area contributed by atoms with Gasteiger partial charge in [0.1, 0.15) is 0 Å². The number of anilines is 1. The fourth-order valence-electron chi connectivity index (χ4n) is 2.82. The van der Waals surface area contributed by atoms with Gasteiger partial charge in [0.2, 0.25) is 0 Å². The number of ether oxygens (including phenoxy) is 1. The molecular formula is C15H24N4OS. The van der Waals surface area contributed by atoms with Crippen LogP contribution in [0.4, 0.5) is 5.82 Å². The highest BCUT2D eigenvalue weighted by Crippen LogP contribution is 2.30. The molecule has 5 nitrogen and oxygen atoms in total. The zero-order valence-electron chi connectivity index (χ0n) is 12.8. The lowest BCUT2D eigenvalue weighted by Crippen LogP contribution is -2.31. The highest BCUT2D eigenvalue weighted by molar-refractivity contribution is 7.15. The molecule has 0 unspecified atom stereocenters. The summed E-state index contributed by atoms with van der Waals surface area (Å²) in [5.41, 5.74) is 1.25. The normalized spacial score (nSPS) is 15.5. The molecule has 0 aliphatic heterocycles. The molecule has 1 aliphatic rings. The molecule has 0 amide bonds. The highest BCUT2D eigenvalue weighted by atomic mass is 32.1. The molecule has 1 N–H and O–H groups in total. The van der Waals surface area contributed by atoms with E-state index in [1.54, 1.807) is 18.4 Å². The molecule has 0 atom stereocenters. The second-order valence-corrected chi connectivity index (χ2v) is 6.66. The first-order valence-corrected chi connectivity index (χ1v) is 8.52. The van der Waals surface area contributed by atoms with Crippen LogP contribution in [0.15, 0.2) is 11.6 Å². The summed E-state index contributed by atoms with van der Waals surface area (Å²) in [5.74, 6) is 1.97. The van der Waals surface area contributed by atoms with E-state index in [1.807, 2.05) is 0 Å². The topological polar surface area (TPSA) is 41.8 Å². The van der Waals surface area contributed by atoms with Gasteiger partial charge >= 0.3 is 0 Å². The first-order chi connectivity index (χ1) is 10.3. The van der Waals surface area contributed by atoms with E-state index in [4.69, 9.17) is 9.72 Å². The third-order valence-corrected chi connectivity index (χ3v) is 4.99. The first-order valence-electron chi connectivity index (χ1n) is 7.65. The zero-order chi connectivity index (χ0) is 14.7. The number of methoxy groups -OCH3 is 1. The molecule has 3 rings (SSSR count). The lowest BCUT2D eigenvalue weighted by Gasteiger charge is -2.30. The molecule has 0 aromatic carbocycles. The molecule has 1 aliphatic carbocycles. The molecule has 2 aromatic heterocycles. The van der Waals surface area contributed by atoms with Crippen LogP contribution in [-0.4, -0.2) is 43.2 Å². The van der Waals surface area contributed by atoms with Crippen LogP contribution in [0.25, 0.3) is 4.96 Å². The van der Waals surface area contributed by atoms with Gasteiger partial charge in [0.05, 0.1) is 12.3 Å². The standard InChI is InChI=1S/C15H24N4OS/c1-18(11-12-4-3-5-12)14-13(10-16-6-8-20-2)19-7-9-21-15(19)17-14/h7,9,12,16H,3-6,8,10-11H2,1-2H3. The lowest BCUT2D eigenvalue weighted by molar-refractivity contribution is 0.199. The van der Waals surface area contributed by atoms with Gasteiger partial charge in [0.25, 0.3) is 0 Å². The van der Waals surface area contributed by atoms with Gasteiger partial charge in [0, 0.05) is 45.4 Å². The van der Waals surface area contributed by atoms with E-state index in [1.165, 1.54) is 25.0 Å². The maximum atomic E-state index is 5.09. The molecule has 116 valence electrons. The van der Waals surface area contributed by atoms with Crippen molar-refractivity contribution in [2.24, 2.45) is 5.92 Å². The van der Waals surface area contributed by atoms with Crippen molar-refractivity contribution < 1.29 is 4.74 Å². The maximum absolute atomic E-state index is 5.09. The van der Waals surface area contributed by atoms with Gasteiger partial charge < -0.3 is 15.0 Å². The number of fused-ring (bicyclic) bond motifs is 1.